The van der Waals surface area contributed by atoms with Crippen molar-refractivity contribution in [1.29, 1.82) is 0 Å². The molecular weight excluding hydrogens is 185 g/mol. The van der Waals surface area contributed by atoms with Crippen molar-refractivity contribution < 1.29 is 19.5 Å². The number of ketones is 1. The number of carbonyl (C=O) groups is 3. The van der Waals surface area contributed by atoms with Crippen LogP contribution in [0.4, 0.5) is 0 Å². The Hall–Kier alpha value is -1.33. The molecule has 6 heteroatoms. The minimum absolute atomic E-state index is 0.185. The number of nitrogens with one attached hydrogen (secondary N) is 1. The molecule has 0 aliphatic rings. The molecular formula is C8H12BNO4. The summed E-state index contributed by atoms with van der Waals surface area (Å²) >= 11 is 0. The van der Waals surface area contributed by atoms with Crippen molar-refractivity contribution in [3.63, 3.8) is 0 Å². The predicted octanol–water partition coefficient (Wildman–Crippen LogP) is -0.559. The summed E-state index contributed by atoms with van der Waals surface area (Å²) in [6.45, 7) is 2.60. The minimum atomic E-state index is -1.42. The van der Waals surface area contributed by atoms with Gasteiger partial charge in [-0.15, -0.1) is 0 Å². The average Bonchev–Trinajstić information content (AvgIpc) is 1.99. The van der Waals surface area contributed by atoms with Gasteiger partial charge in [0, 0.05) is 6.42 Å². The lowest BCUT2D eigenvalue weighted by Crippen LogP contribution is -2.51. The number of hydrogen-bond donors (Lipinski definition) is 2. The molecule has 0 saturated heterocycles. The number of carbonyl (C=O) groups excluding carboxylic acids is 2. The van der Waals surface area contributed by atoms with E-state index in [4.69, 9.17) is 13.0 Å². The Labute approximate surface area is 83.3 Å². The third-order valence-corrected chi connectivity index (χ3v) is 1.70. The maximum Gasteiger partial charge on any atom is 0.303 e. The van der Waals surface area contributed by atoms with E-state index in [2.05, 4.69) is 5.32 Å². The fraction of sp³-hybridized carbons (Fsp3) is 0.625. The smallest absolute Gasteiger partial charge is 0.303 e. The first-order valence-electron chi connectivity index (χ1n) is 4.08. The van der Waals surface area contributed by atoms with Gasteiger partial charge in [-0.3, -0.25) is 14.4 Å². The van der Waals surface area contributed by atoms with Gasteiger partial charge < -0.3 is 10.4 Å². The Balaban J connectivity index is 4.06. The summed E-state index contributed by atoms with van der Waals surface area (Å²) < 4.78 is 0. The molecule has 0 bridgehead atoms. The van der Waals surface area contributed by atoms with Gasteiger partial charge in [0.25, 0.3) is 0 Å². The highest BCUT2D eigenvalue weighted by molar-refractivity contribution is 6.29. The van der Waals surface area contributed by atoms with E-state index >= 15 is 0 Å². The van der Waals surface area contributed by atoms with Gasteiger partial charge in [-0.05, 0) is 13.8 Å². The van der Waals surface area contributed by atoms with Crippen molar-refractivity contribution in [2.24, 2.45) is 0 Å². The molecule has 2 N–H and O–H groups in total. The molecule has 0 heterocycles. The number of amides is 1. The number of aliphatic carboxylic acids is 1. The Kier molecular flexibility index (Phi) is 4.33. The minimum Gasteiger partial charge on any atom is -0.481 e. The van der Waals surface area contributed by atoms with Gasteiger partial charge in [0.15, 0.2) is 0 Å². The second kappa shape index (κ2) is 4.78. The summed E-state index contributed by atoms with van der Waals surface area (Å²) in [5.41, 5.74) is -1.42. The lowest BCUT2D eigenvalue weighted by Gasteiger charge is -2.23. The lowest BCUT2D eigenvalue weighted by molar-refractivity contribution is -0.139. The maximum absolute atomic E-state index is 11.1. The molecule has 76 valence electrons. The SMILES string of the molecule is [B]C(C)(NC(=O)CCC(=O)O)C(C)=O. The van der Waals surface area contributed by atoms with Crippen LogP contribution in [0, 0.1) is 0 Å². The Morgan fingerprint density at radius 3 is 2.21 bits per heavy atom. The van der Waals surface area contributed by atoms with Crippen LogP contribution in [-0.4, -0.2) is 36.1 Å². The summed E-state index contributed by atoms with van der Waals surface area (Å²) in [5, 5.41) is 10.5. The molecule has 14 heavy (non-hydrogen) atoms. The van der Waals surface area contributed by atoms with Gasteiger partial charge in [0.1, 0.15) is 13.6 Å². The lowest BCUT2D eigenvalue weighted by atomic mass is 9.76. The van der Waals surface area contributed by atoms with Crippen LogP contribution < -0.4 is 5.32 Å². The summed E-state index contributed by atoms with van der Waals surface area (Å²) in [5.74, 6) is -2.00. The number of carboxylic acids is 1. The zero-order valence-corrected chi connectivity index (χ0v) is 8.16. The first-order chi connectivity index (χ1) is 6.25. The van der Waals surface area contributed by atoms with Crippen molar-refractivity contribution in [2.45, 2.75) is 32.1 Å². The van der Waals surface area contributed by atoms with Crippen LogP contribution in [0.2, 0.25) is 0 Å². The van der Waals surface area contributed by atoms with Gasteiger partial charge in [-0.2, -0.15) is 0 Å². The molecule has 5 nitrogen and oxygen atoms in total. The molecule has 1 atom stereocenters. The largest absolute Gasteiger partial charge is 0.481 e. The van der Waals surface area contributed by atoms with E-state index < -0.39 is 17.3 Å². The van der Waals surface area contributed by atoms with Gasteiger partial charge >= 0.3 is 5.97 Å². The molecule has 0 aromatic rings. The van der Waals surface area contributed by atoms with E-state index in [1.54, 1.807) is 0 Å². The molecule has 0 aromatic heterocycles. The Morgan fingerprint density at radius 1 is 1.36 bits per heavy atom. The molecule has 0 spiro atoms. The third-order valence-electron chi connectivity index (χ3n) is 1.70. The van der Waals surface area contributed by atoms with Gasteiger partial charge in [0.05, 0.1) is 11.9 Å². The molecule has 1 unspecified atom stereocenters. The van der Waals surface area contributed by atoms with Crippen molar-refractivity contribution >= 4 is 25.5 Å². The Bertz CT molecular complexity index is 262. The van der Waals surface area contributed by atoms with Crippen LogP contribution in [0.15, 0.2) is 0 Å². The highest BCUT2D eigenvalue weighted by Crippen LogP contribution is 2.00. The average molecular weight is 197 g/mol. The van der Waals surface area contributed by atoms with E-state index in [-0.39, 0.29) is 18.6 Å². The van der Waals surface area contributed by atoms with Crippen molar-refractivity contribution in [2.75, 3.05) is 0 Å². The first kappa shape index (κ1) is 12.7. The second-order valence-corrected chi connectivity index (χ2v) is 3.20. The fourth-order valence-electron chi connectivity index (χ4n) is 0.661. The summed E-state index contributed by atoms with van der Waals surface area (Å²) in [6, 6.07) is 0. The Morgan fingerprint density at radius 2 is 1.86 bits per heavy atom. The molecule has 0 fully saturated rings. The molecule has 1 amide bonds. The van der Waals surface area contributed by atoms with Gasteiger partial charge in [-0.25, -0.2) is 0 Å². The quantitative estimate of drug-likeness (QED) is 0.578. The van der Waals surface area contributed by atoms with Crippen molar-refractivity contribution in [3.05, 3.63) is 0 Å². The molecule has 0 saturated carbocycles. The normalized spacial score (nSPS) is 14.1. The number of hydrogen-bond acceptors (Lipinski definition) is 3. The highest BCUT2D eigenvalue weighted by Gasteiger charge is 2.24. The van der Waals surface area contributed by atoms with E-state index in [0.717, 1.165) is 0 Å². The monoisotopic (exact) mass is 197 g/mol. The number of rotatable bonds is 5. The fourth-order valence-corrected chi connectivity index (χ4v) is 0.661. The highest BCUT2D eigenvalue weighted by atomic mass is 16.4. The predicted molar refractivity (Wildman–Crippen MR) is 49.9 cm³/mol. The molecule has 0 aromatic carbocycles. The van der Waals surface area contributed by atoms with Crippen LogP contribution in [-0.2, 0) is 14.4 Å². The van der Waals surface area contributed by atoms with E-state index in [1.165, 1.54) is 13.8 Å². The van der Waals surface area contributed by atoms with Crippen LogP contribution >= 0.6 is 0 Å². The van der Waals surface area contributed by atoms with E-state index in [9.17, 15) is 14.4 Å². The first-order valence-corrected chi connectivity index (χ1v) is 4.08. The topological polar surface area (TPSA) is 83.5 Å². The van der Waals surface area contributed by atoms with Crippen LogP contribution in [0.1, 0.15) is 26.7 Å². The van der Waals surface area contributed by atoms with E-state index in [0.29, 0.717) is 0 Å². The summed E-state index contributed by atoms with van der Waals surface area (Å²) in [6.07, 6.45) is -0.463. The summed E-state index contributed by atoms with van der Waals surface area (Å²) in [7, 11) is 5.44. The zero-order chi connectivity index (χ0) is 11.4. The molecule has 2 radical (unpaired) electrons. The number of carboxylic acid groups (broad SMARTS) is 1. The zero-order valence-electron chi connectivity index (χ0n) is 8.16. The molecule has 0 aliphatic carbocycles. The van der Waals surface area contributed by atoms with Crippen LogP contribution in [0.25, 0.3) is 0 Å². The van der Waals surface area contributed by atoms with E-state index in [1.807, 2.05) is 0 Å². The van der Waals surface area contributed by atoms with Crippen molar-refractivity contribution in [1.82, 2.24) is 5.32 Å². The van der Waals surface area contributed by atoms with Crippen LogP contribution in [0.3, 0.4) is 0 Å². The van der Waals surface area contributed by atoms with Gasteiger partial charge in [-0.1, -0.05) is 0 Å². The van der Waals surface area contributed by atoms with Gasteiger partial charge in [0.2, 0.25) is 5.91 Å². The third kappa shape index (κ3) is 4.64. The van der Waals surface area contributed by atoms with Crippen LogP contribution in [0.5, 0.6) is 0 Å². The molecule has 0 rings (SSSR count). The second-order valence-electron chi connectivity index (χ2n) is 3.20. The number of Topliss-reactive ketones (excluding diaryl/α,β-unsaturated/α-hetero) is 1. The maximum atomic E-state index is 11.1. The van der Waals surface area contributed by atoms with Crippen molar-refractivity contribution in [3.8, 4) is 0 Å². The summed E-state index contributed by atoms with van der Waals surface area (Å²) in [4.78, 5) is 32.1. The molecule has 0 aliphatic heterocycles. The standard InChI is InChI=1S/C8H12BNO4/c1-5(11)8(2,9)10-6(12)3-4-7(13)14/h3-4H2,1-2H3,(H,10,12)(H,13,14).